The molecule has 0 bridgehead atoms. The lowest BCUT2D eigenvalue weighted by Gasteiger charge is -2.32. The zero-order chi connectivity index (χ0) is 21.4. The molecule has 8 nitrogen and oxygen atoms in total. The van der Waals surface area contributed by atoms with Crippen molar-refractivity contribution >= 4 is 52.5 Å². The molecule has 2 aromatic rings. The molecular weight excluding hydrogens is 429 g/mol. The Kier molecular flexibility index (Phi) is 5.71. The van der Waals surface area contributed by atoms with Gasteiger partial charge in [-0.2, -0.15) is 4.98 Å². The van der Waals surface area contributed by atoms with Crippen molar-refractivity contribution in [1.29, 1.82) is 0 Å². The Morgan fingerprint density at radius 3 is 2.87 bits per heavy atom. The number of nitrogens with zero attached hydrogens (tertiary/aromatic N) is 2. The van der Waals surface area contributed by atoms with E-state index in [4.69, 9.17) is 23.2 Å². The smallest absolute Gasteiger partial charge is 0.258 e. The molecule has 10 heteroatoms. The number of amides is 2. The summed E-state index contributed by atoms with van der Waals surface area (Å²) in [5.74, 6) is -0.882. The number of benzene rings is 1. The first kappa shape index (κ1) is 20.7. The van der Waals surface area contributed by atoms with Gasteiger partial charge >= 0.3 is 0 Å². The number of fused-ring (bicyclic) bond motifs is 1. The largest absolute Gasteiger partial charge is 0.342 e. The Labute approximate surface area is 183 Å². The number of hydrogen-bond donors (Lipinski definition) is 3. The Bertz CT molecular complexity index is 1070. The summed E-state index contributed by atoms with van der Waals surface area (Å²) in [7, 11) is 0. The molecule has 1 fully saturated rings. The van der Waals surface area contributed by atoms with Crippen LogP contribution in [0, 0.1) is 5.92 Å². The molecule has 2 aliphatic rings. The van der Waals surface area contributed by atoms with Crippen LogP contribution >= 0.6 is 23.2 Å². The molecule has 1 aromatic heterocycles. The second kappa shape index (κ2) is 8.28. The van der Waals surface area contributed by atoms with Gasteiger partial charge in [0, 0.05) is 24.5 Å². The van der Waals surface area contributed by atoms with Gasteiger partial charge in [-0.25, -0.2) is 0 Å². The summed E-state index contributed by atoms with van der Waals surface area (Å²) in [5, 5.41) is 6.00. The minimum Gasteiger partial charge on any atom is -0.342 e. The first-order valence-corrected chi connectivity index (χ1v) is 10.5. The molecule has 3 heterocycles. The van der Waals surface area contributed by atoms with Crippen LogP contribution in [0.15, 0.2) is 23.0 Å². The van der Waals surface area contributed by atoms with Gasteiger partial charge in [-0.3, -0.25) is 19.4 Å². The van der Waals surface area contributed by atoms with Crippen molar-refractivity contribution in [3.05, 3.63) is 44.2 Å². The first-order chi connectivity index (χ1) is 14.3. The Balaban J connectivity index is 1.66. The molecule has 0 saturated carbocycles. The highest BCUT2D eigenvalue weighted by atomic mass is 35.5. The lowest BCUT2D eigenvalue weighted by atomic mass is 9.92. The maximum atomic E-state index is 12.9. The van der Waals surface area contributed by atoms with Gasteiger partial charge in [0.1, 0.15) is 5.82 Å². The number of halogens is 2. The van der Waals surface area contributed by atoms with E-state index >= 15 is 0 Å². The maximum Gasteiger partial charge on any atom is 0.258 e. The maximum absolute atomic E-state index is 12.9. The number of carbonyl (C=O) groups is 2. The third-order valence-corrected chi connectivity index (χ3v) is 5.96. The number of hydrogen-bond acceptors (Lipinski definition) is 5. The molecule has 1 aromatic carbocycles. The number of nitrogens with one attached hydrogen (secondary N) is 3. The lowest BCUT2D eigenvalue weighted by molar-refractivity contribution is -0.123. The van der Waals surface area contributed by atoms with Crippen LogP contribution in [0.4, 0.5) is 17.5 Å². The van der Waals surface area contributed by atoms with Gasteiger partial charge in [0.2, 0.25) is 17.8 Å². The van der Waals surface area contributed by atoms with E-state index in [0.717, 1.165) is 25.9 Å². The Morgan fingerprint density at radius 2 is 2.10 bits per heavy atom. The predicted molar refractivity (Wildman–Crippen MR) is 117 cm³/mol. The molecule has 2 amide bonds. The van der Waals surface area contributed by atoms with Gasteiger partial charge in [0.15, 0.2) is 0 Å². The van der Waals surface area contributed by atoms with Crippen molar-refractivity contribution in [3.63, 3.8) is 0 Å². The van der Waals surface area contributed by atoms with E-state index in [1.807, 2.05) is 4.90 Å². The molecule has 0 radical (unpaired) electrons. The van der Waals surface area contributed by atoms with Gasteiger partial charge in [-0.05, 0) is 37.0 Å². The van der Waals surface area contributed by atoms with E-state index in [1.54, 1.807) is 12.1 Å². The van der Waals surface area contributed by atoms with Crippen LogP contribution < -0.4 is 21.1 Å². The highest BCUT2D eigenvalue weighted by molar-refractivity contribution is 6.35. The SMILES string of the molecule is C[C@@H]1CCCN(c2nc3c(c(=O)[nH]2)[C@@H](C(=O)Nc2cc(Cl)ccc2Cl)CC(=O)N3)C1. The van der Waals surface area contributed by atoms with Crippen LogP contribution in [0.3, 0.4) is 0 Å². The molecule has 0 spiro atoms. The average molecular weight is 450 g/mol. The van der Waals surface area contributed by atoms with Crippen molar-refractivity contribution in [2.45, 2.75) is 32.1 Å². The van der Waals surface area contributed by atoms with Crippen LogP contribution in [0.25, 0.3) is 0 Å². The third-order valence-electron chi connectivity index (χ3n) is 5.40. The summed E-state index contributed by atoms with van der Waals surface area (Å²) in [6.45, 7) is 3.69. The van der Waals surface area contributed by atoms with Crippen LogP contribution in [0.1, 0.15) is 37.7 Å². The molecule has 158 valence electrons. The second-order valence-corrected chi connectivity index (χ2v) is 8.61. The molecule has 3 N–H and O–H groups in total. The van der Waals surface area contributed by atoms with Crippen molar-refractivity contribution in [1.82, 2.24) is 9.97 Å². The number of carbonyl (C=O) groups excluding carboxylic acids is 2. The number of aromatic nitrogens is 2. The van der Waals surface area contributed by atoms with Crippen LogP contribution in [-0.4, -0.2) is 34.9 Å². The Hall–Kier alpha value is -2.58. The van der Waals surface area contributed by atoms with Crippen molar-refractivity contribution in [2.24, 2.45) is 5.92 Å². The fraction of sp³-hybridized carbons (Fsp3) is 0.400. The van der Waals surface area contributed by atoms with E-state index in [1.165, 1.54) is 6.07 Å². The van der Waals surface area contributed by atoms with E-state index in [2.05, 4.69) is 27.5 Å². The molecule has 4 rings (SSSR count). The van der Waals surface area contributed by atoms with Gasteiger partial charge in [-0.1, -0.05) is 30.1 Å². The van der Waals surface area contributed by atoms with Crippen molar-refractivity contribution < 1.29 is 9.59 Å². The van der Waals surface area contributed by atoms with Crippen molar-refractivity contribution in [3.8, 4) is 0 Å². The summed E-state index contributed by atoms with van der Waals surface area (Å²) < 4.78 is 0. The summed E-state index contributed by atoms with van der Waals surface area (Å²) in [6.07, 6.45) is 1.96. The topological polar surface area (TPSA) is 107 Å². The lowest BCUT2D eigenvalue weighted by Crippen LogP contribution is -2.40. The Morgan fingerprint density at radius 1 is 1.30 bits per heavy atom. The molecule has 0 aliphatic carbocycles. The molecule has 2 aliphatic heterocycles. The van der Waals surface area contributed by atoms with E-state index in [-0.39, 0.29) is 23.7 Å². The van der Waals surface area contributed by atoms with Gasteiger partial charge in [-0.15, -0.1) is 0 Å². The quantitative estimate of drug-likeness (QED) is 0.665. The summed E-state index contributed by atoms with van der Waals surface area (Å²) in [6, 6.07) is 4.66. The molecular formula is C20H21Cl2N5O3. The zero-order valence-corrected chi connectivity index (χ0v) is 17.8. The number of anilines is 3. The highest BCUT2D eigenvalue weighted by Gasteiger charge is 2.35. The molecule has 30 heavy (non-hydrogen) atoms. The summed E-state index contributed by atoms with van der Waals surface area (Å²) in [5.41, 5.74) is 0.00892. The normalized spacial score (nSPS) is 21.0. The second-order valence-electron chi connectivity index (χ2n) is 7.76. The van der Waals surface area contributed by atoms with E-state index in [9.17, 15) is 14.4 Å². The number of aromatic amines is 1. The average Bonchev–Trinajstić information content (AvgIpc) is 2.69. The minimum atomic E-state index is -0.991. The standard InChI is InChI=1S/C20H21Cl2N5O3/c1-10-3-2-6-27(9-10)20-25-17-16(19(30)26-20)12(8-15(28)24-17)18(29)23-14-7-11(21)4-5-13(14)22/h4-5,7,10,12H,2-3,6,8-9H2,1H3,(H,23,29)(H2,24,25,26,28,30)/t10-,12+/m1/s1. The predicted octanol–water partition coefficient (Wildman–Crippen LogP) is 3.38. The fourth-order valence-corrected chi connectivity index (χ4v) is 4.26. The third kappa shape index (κ3) is 4.15. The first-order valence-electron chi connectivity index (χ1n) is 9.76. The highest BCUT2D eigenvalue weighted by Crippen LogP contribution is 2.32. The molecule has 1 saturated heterocycles. The summed E-state index contributed by atoms with van der Waals surface area (Å²) in [4.78, 5) is 47.4. The number of rotatable bonds is 3. The fourth-order valence-electron chi connectivity index (χ4n) is 3.93. The van der Waals surface area contributed by atoms with Crippen LogP contribution in [0.2, 0.25) is 10.0 Å². The molecule has 2 atom stereocenters. The van der Waals surface area contributed by atoms with Gasteiger partial charge in [0.25, 0.3) is 5.56 Å². The minimum absolute atomic E-state index is 0.126. The van der Waals surface area contributed by atoms with Crippen LogP contribution in [-0.2, 0) is 9.59 Å². The summed E-state index contributed by atoms with van der Waals surface area (Å²) >= 11 is 12.1. The van der Waals surface area contributed by atoms with E-state index < -0.39 is 17.4 Å². The zero-order valence-electron chi connectivity index (χ0n) is 16.3. The van der Waals surface area contributed by atoms with Gasteiger partial charge < -0.3 is 15.5 Å². The van der Waals surface area contributed by atoms with Gasteiger partial charge in [0.05, 0.1) is 22.2 Å². The van der Waals surface area contributed by atoms with Crippen LogP contribution in [0.5, 0.6) is 0 Å². The number of H-pyrrole nitrogens is 1. The monoisotopic (exact) mass is 449 g/mol. The number of piperidine rings is 1. The van der Waals surface area contributed by atoms with Crippen molar-refractivity contribution in [2.75, 3.05) is 28.6 Å². The van der Waals surface area contributed by atoms with E-state index in [0.29, 0.717) is 27.6 Å². The molecule has 0 unspecified atom stereocenters.